The summed E-state index contributed by atoms with van der Waals surface area (Å²) in [5.41, 5.74) is 10.1. The number of fused-ring (bicyclic) bond motifs is 1. The zero-order chi connectivity index (χ0) is 26.4. The highest BCUT2D eigenvalue weighted by molar-refractivity contribution is 6.01. The Morgan fingerprint density at radius 1 is 1.19 bits per heavy atom. The second kappa shape index (κ2) is 9.27. The molecule has 2 aliphatic rings. The Bertz CT molecular complexity index is 1210. The minimum absolute atomic E-state index is 0.00152. The van der Waals surface area contributed by atoms with Gasteiger partial charge in [0.25, 0.3) is 5.91 Å². The number of nitrogens with two attached hydrogens (primary N) is 2. The number of amides is 1. The molecule has 1 atom stereocenters. The van der Waals surface area contributed by atoms with Crippen LogP contribution in [-0.2, 0) is 22.1 Å². The standard InChI is InChI=1S/C25H29F3N4O4/c1-24(2)10-18-20(19(33)11-24)16(25(26,27)28)12-32(18)13-7-8-15(22(30)34)17(9-13)31-21(29)23(35)36-14-5-3-4-6-14/h7-9,12,14,21,31H,3-6,10-11,29H2,1-2H3,(H2,30,34). The lowest BCUT2D eigenvalue weighted by atomic mass is 9.75. The number of hydrogen-bond donors (Lipinski definition) is 3. The molecule has 36 heavy (non-hydrogen) atoms. The number of alkyl halides is 3. The number of Topliss-reactive ketones (excluding diaryl/α,β-unsaturated/α-hetero) is 1. The van der Waals surface area contributed by atoms with E-state index in [1.807, 2.05) is 13.8 Å². The fraction of sp³-hybridized carbons (Fsp3) is 0.480. The monoisotopic (exact) mass is 506 g/mol. The molecule has 0 bridgehead atoms. The molecular weight excluding hydrogens is 477 g/mol. The molecule has 2 aromatic rings. The normalized spacial score (nSPS) is 18.6. The fourth-order valence-electron chi connectivity index (χ4n) is 5.00. The number of primary amides is 1. The van der Waals surface area contributed by atoms with Crippen molar-refractivity contribution in [2.75, 3.05) is 5.32 Å². The van der Waals surface area contributed by atoms with E-state index in [4.69, 9.17) is 16.2 Å². The third kappa shape index (κ3) is 5.11. The molecule has 1 amide bonds. The molecule has 1 fully saturated rings. The van der Waals surface area contributed by atoms with Gasteiger partial charge in [-0.2, -0.15) is 13.2 Å². The van der Waals surface area contributed by atoms with Gasteiger partial charge < -0.3 is 26.1 Å². The van der Waals surface area contributed by atoms with Gasteiger partial charge in [-0.25, -0.2) is 4.79 Å². The van der Waals surface area contributed by atoms with E-state index in [0.717, 1.165) is 31.9 Å². The summed E-state index contributed by atoms with van der Waals surface area (Å²) in [5.74, 6) is -2.11. The topological polar surface area (TPSA) is 129 Å². The maximum Gasteiger partial charge on any atom is 0.418 e. The minimum atomic E-state index is -4.73. The van der Waals surface area contributed by atoms with Gasteiger partial charge in [-0.1, -0.05) is 13.8 Å². The van der Waals surface area contributed by atoms with Crippen molar-refractivity contribution in [3.05, 3.63) is 46.8 Å². The van der Waals surface area contributed by atoms with Gasteiger partial charge in [0, 0.05) is 24.0 Å². The van der Waals surface area contributed by atoms with Gasteiger partial charge in [-0.05, 0) is 55.7 Å². The number of ketones is 1. The molecule has 194 valence electrons. The Morgan fingerprint density at radius 3 is 2.47 bits per heavy atom. The molecule has 11 heteroatoms. The number of nitrogens with zero attached hydrogens (tertiary/aromatic N) is 1. The van der Waals surface area contributed by atoms with E-state index in [-0.39, 0.29) is 47.1 Å². The van der Waals surface area contributed by atoms with E-state index in [9.17, 15) is 27.6 Å². The lowest BCUT2D eigenvalue weighted by Gasteiger charge is -2.30. The summed E-state index contributed by atoms with van der Waals surface area (Å²) >= 11 is 0. The number of nitrogens with one attached hydrogen (secondary N) is 1. The van der Waals surface area contributed by atoms with Crippen LogP contribution in [0.25, 0.3) is 5.69 Å². The van der Waals surface area contributed by atoms with Crippen LogP contribution in [-0.4, -0.2) is 34.5 Å². The van der Waals surface area contributed by atoms with Gasteiger partial charge in [0.2, 0.25) is 0 Å². The number of ether oxygens (including phenoxy) is 1. The lowest BCUT2D eigenvalue weighted by molar-refractivity contribution is -0.149. The molecule has 0 aliphatic heterocycles. The Hall–Kier alpha value is -3.34. The Labute approximate surface area is 206 Å². The Balaban J connectivity index is 1.74. The van der Waals surface area contributed by atoms with E-state index in [1.165, 1.54) is 22.8 Å². The predicted molar refractivity (Wildman–Crippen MR) is 126 cm³/mol. The summed E-state index contributed by atoms with van der Waals surface area (Å²) < 4.78 is 48.2. The average Bonchev–Trinajstić information content (AvgIpc) is 3.40. The van der Waals surface area contributed by atoms with Gasteiger partial charge in [0.05, 0.1) is 22.4 Å². The van der Waals surface area contributed by atoms with Crippen LogP contribution in [0.4, 0.5) is 18.9 Å². The third-order valence-corrected chi connectivity index (χ3v) is 6.67. The van der Waals surface area contributed by atoms with Crippen molar-refractivity contribution in [2.45, 2.75) is 70.8 Å². The summed E-state index contributed by atoms with van der Waals surface area (Å²) in [4.78, 5) is 37.2. The number of anilines is 1. The number of esters is 1. The van der Waals surface area contributed by atoms with Crippen molar-refractivity contribution in [3.8, 4) is 5.69 Å². The number of hydrogen-bond acceptors (Lipinski definition) is 6. The van der Waals surface area contributed by atoms with Crippen molar-refractivity contribution < 1.29 is 32.3 Å². The third-order valence-electron chi connectivity index (χ3n) is 6.67. The van der Waals surface area contributed by atoms with Gasteiger partial charge in [-0.3, -0.25) is 9.59 Å². The van der Waals surface area contributed by atoms with Gasteiger partial charge in [-0.15, -0.1) is 0 Å². The van der Waals surface area contributed by atoms with Crippen LogP contribution in [0.2, 0.25) is 0 Å². The van der Waals surface area contributed by atoms with Crippen LogP contribution < -0.4 is 16.8 Å². The summed E-state index contributed by atoms with van der Waals surface area (Å²) in [6.45, 7) is 3.63. The number of rotatable bonds is 6. The van der Waals surface area contributed by atoms with Gasteiger partial charge in [0.15, 0.2) is 11.9 Å². The van der Waals surface area contributed by atoms with E-state index in [1.54, 1.807) is 0 Å². The van der Waals surface area contributed by atoms with Crippen molar-refractivity contribution in [1.29, 1.82) is 0 Å². The first-order chi connectivity index (χ1) is 16.8. The Kier molecular flexibility index (Phi) is 6.63. The highest BCUT2D eigenvalue weighted by Gasteiger charge is 2.43. The first kappa shape index (κ1) is 25.7. The highest BCUT2D eigenvalue weighted by Crippen LogP contribution is 2.43. The molecule has 1 saturated carbocycles. The van der Waals surface area contributed by atoms with Crippen molar-refractivity contribution in [3.63, 3.8) is 0 Å². The second-order valence-electron chi connectivity index (χ2n) is 10.2. The number of halogens is 3. The SMILES string of the molecule is CC1(C)CC(=O)c2c(C(F)(F)F)cn(-c3ccc(C(N)=O)c(NC(N)C(=O)OC4CCCC4)c3)c2C1. The summed E-state index contributed by atoms with van der Waals surface area (Å²) in [6.07, 6.45) is -1.76. The molecule has 1 aromatic carbocycles. The van der Waals surface area contributed by atoms with Crippen molar-refractivity contribution in [2.24, 2.45) is 16.9 Å². The van der Waals surface area contributed by atoms with E-state index in [0.29, 0.717) is 0 Å². The van der Waals surface area contributed by atoms with Crippen molar-refractivity contribution in [1.82, 2.24) is 4.57 Å². The van der Waals surface area contributed by atoms with Crippen LogP contribution in [0.5, 0.6) is 0 Å². The smallest absolute Gasteiger partial charge is 0.418 e. The Morgan fingerprint density at radius 2 is 1.86 bits per heavy atom. The van der Waals surface area contributed by atoms with Crippen LogP contribution in [0, 0.1) is 5.41 Å². The van der Waals surface area contributed by atoms with E-state index in [2.05, 4.69) is 5.32 Å². The van der Waals surface area contributed by atoms with Gasteiger partial charge >= 0.3 is 12.1 Å². The lowest BCUT2D eigenvalue weighted by Crippen LogP contribution is -2.41. The second-order valence-corrected chi connectivity index (χ2v) is 10.2. The number of benzene rings is 1. The molecule has 2 aliphatic carbocycles. The summed E-state index contributed by atoms with van der Waals surface area (Å²) in [6, 6.07) is 4.15. The minimum Gasteiger partial charge on any atom is -0.460 e. The molecule has 0 spiro atoms. The first-order valence-electron chi connectivity index (χ1n) is 11.8. The van der Waals surface area contributed by atoms with Gasteiger partial charge in [0.1, 0.15) is 6.10 Å². The molecule has 8 nitrogen and oxygen atoms in total. The zero-order valence-corrected chi connectivity index (χ0v) is 20.1. The maximum absolute atomic E-state index is 13.8. The average molecular weight is 507 g/mol. The molecule has 1 heterocycles. The van der Waals surface area contributed by atoms with Crippen LogP contribution in [0.15, 0.2) is 24.4 Å². The zero-order valence-electron chi connectivity index (χ0n) is 20.1. The maximum atomic E-state index is 13.8. The molecule has 0 saturated heterocycles. The molecule has 1 unspecified atom stereocenters. The first-order valence-corrected chi connectivity index (χ1v) is 11.8. The largest absolute Gasteiger partial charge is 0.460 e. The van der Waals surface area contributed by atoms with Crippen LogP contribution in [0.1, 0.15) is 77.9 Å². The number of carbonyl (C=O) groups is 3. The quantitative estimate of drug-likeness (QED) is 0.402. The van der Waals surface area contributed by atoms with Crippen LogP contribution in [0.3, 0.4) is 0 Å². The molecule has 5 N–H and O–H groups in total. The molecule has 1 aromatic heterocycles. The summed E-state index contributed by atoms with van der Waals surface area (Å²) in [7, 11) is 0. The summed E-state index contributed by atoms with van der Waals surface area (Å²) in [5, 5.41) is 2.72. The molecular formula is C25H29F3N4O4. The highest BCUT2D eigenvalue weighted by atomic mass is 19.4. The predicted octanol–water partition coefficient (Wildman–Crippen LogP) is 3.93. The number of carbonyl (C=O) groups excluding carboxylic acids is 3. The van der Waals surface area contributed by atoms with Crippen molar-refractivity contribution >= 4 is 23.3 Å². The molecule has 4 rings (SSSR count). The van der Waals surface area contributed by atoms with E-state index >= 15 is 0 Å². The fourth-order valence-corrected chi connectivity index (χ4v) is 5.00. The van der Waals surface area contributed by atoms with E-state index < -0.39 is 41.0 Å². The molecule has 0 radical (unpaired) electrons. The number of aromatic nitrogens is 1. The van der Waals surface area contributed by atoms with Crippen LogP contribution >= 0.6 is 0 Å².